The van der Waals surface area contributed by atoms with Crippen LogP contribution in [0.15, 0.2) is 28.1 Å². The molecule has 0 spiro atoms. The highest BCUT2D eigenvalue weighted by atomic mass is 32.1. The van der Waals surface area contributed by atoms with E-state index in [9.17, 15) is 13.2 Å². The van der Waals surface area contributed by atoms with Gasteiger partial charge >= 0.3 is 6.18 Å². The third-order valence-electron chi connectivity index (χ3n) is 2.74. The molecule has 0 saturated heterocycles. The SMILES string of the molecule is OCCCN(Cc1cc(-c2cccs2)on1)CC(F)(F)F. The first-order chi connectivity index (χ1) is 9.98. The summed E-state index contributed by atoms with van der Waals surface area (Å²) in [5, 5.41) is 14.5. The van der Waals surface area contributed by atoms with Crippen LogP contribution in [0.25, 0.3) is 10.6 Å². The van der Waals surface area contributed by atoms with E-state index in [4.69, 9.17) is 9.63 Å². The molecule has 116 valence electrons. The molecule has 4 nitrogen and oxygen atoms in total. The summed E-state index contributed by atoms with van der Waals surface area (Å²) >= 11 is 1.47. The molecule has 0 atom stereocenters. The van der Waals surface area contributed by atoms with Crippen LogP contribution in [0.1, 0.15) is 12.1 Å². The largest absolute Gasteiger partial charge is 0.401 e. The summed E-state index contributed by atoms with van der Waals surface area (Å²) in [4.78, 5) is 2.08. The zero-order chi connectivity index (χ0) is 15.3. The zero-order valence-corrected chi connectivity index (χ0v) is 12.0. The number of aliphatic hydroxyl groups is 1. The Morgan fingerprint density at radius 3 is 2.81 bits per heavy atom. The third kappa shape index (κ3) is 5.14. The molecule has 2 aromatic rings. The molecule has 0 aliphatic carbocycles. The number of hydrogen-bond acceptors (Lipinski definition) is 5. The highest BCUT2D eigenvalue weighted by molar-refractivity contribution is 7.13. The molecular weight excluding hydrogens is 305 g/mol. The monoisotopic (exact) mass is 320 g/mol. The predicted molar refractivity (Wildman–Crippen MR) is 72.9 cm³/mol. The van der Waals surface area contributed by atoms with Crippen LogP contribution in [-0.4, -0.2) is 41.0 Å². The van der Waals surface area contributed by atoms with Crippen LogP contribution in [0.5, 0.6) is 0 Å². The number of thiophene rings is 1. The van der Waals surface area contributed by atoms with Gasteiger partial charge in [0.15, 0.2) is 5.76 Å². The molecule has 2 heterocycles. The average molecular weight is 320 g/mol. The van der Waals surface area contributed by atoms with Crippen molar-refractivity contribution in [2.24, 2.45) is 0 Å². The van der Waals surface area contributed by atoms with E-state index in [1.807, 2.05) is 17.5 Å². The fourth-order valence-electron chi connectivity index (χ4n) is 1.91. The number of aromatic nitrogens is 1. The number of aliphatic hydroxyl groups excluding tert-OH is 1. The van der Waals surface area contributed by atoms with Gasteiger partial charge in [-0.2, -0.15) is 13.2 Å². The Balaban J connectivity index is 2.02. The smallest absolute Gasteiger partial charge is 0.396 e. The Hall–Kier alpha value is -1.38. The van der Waals surface area contributed by atoms with Crippen molar-refractivity contribution in [1.29, 1.82) is 0 Å². The molecule has 0 saturated carbocycles. The third-order valence-corrected chi connectivity index (χ3v) is 3.63. The summed E-state index contributed by atoms with van der Waals surface area (Å²) in [6, 6.07) is 5.36. The first-order valence-corrected chi connectivity index (χ1v) is 7.25. The second kappa shape index (κ2) is 7.06. The fraction of sp³-hybridized carbons (Fsp3) is 0.462. The number of nitrogens with zero attached hydrogens (tertiary/aromatic N) is 2. The molecule has 0 amide bonds. The van der Waals surface area contributed by atoms with Crippen molar-refractivity contribution >= 4 is 11.3 Å². The summed E-state index contributed by atoms with van der Waals surface area (Å²) in [7, 11) is 0. The molecule has 2 aromatic heterocycles. The number of halogens is 3. The lowest BCUT2D eigenvalue weighted by Gasteiger charge is -2.21. The minimum Gasteiger partial charge on any atom is -0.396 e. The van der Waals surface area contributed by atoms with Gasteiger partial charge in [0.25, 0.3) is 0 Å². The molecule has 0 aliphatic rings. The summed E-state index contributed by atoms with van der Waals surface area (Å²) in [6.07, 6.45) is -4.00. The average Bonchev–Trinajstić information content (AvgIpc) is 3.04. The maximum Gasteiger partial charge on any atom is 0.401 e. The highest BCUT2D eigenvalue weighted by Crippen LogP contribution is 2.26. The van der Waals surface area contributed by atoms with Crippen molar-refractivity contribution in [2.75, 3.05) is 19.7 Å². The zero-order valence-electron chi connectivity index (χ0n) is 11.1. The molecule has 8 heteroatoms. The number of hydrogen-bond donors (Lipinski definition) is 1. The van der Waals surface area contributed by atoms with Crippen molar-refractivity contribution in [1.82, 2.24) is 10.1 Å². The molecule has 0 fully saturated rings. The van der Waals surface area contributed by atoms with Crippen molar-refractivity contribution in [3.05, 3.63) is 29.3 Å². The van der Waals surface area contributed by atoms with Crippen LogP contribution in [0.4, 0.5) is 13.2 Å². The van der Waals surface area contributed by atoms with Crippen molar-refractivity contribution in [2.45, 2.75) is 19.1 Å². The van der Waals surface area contributed by atoms with Gasteiger partial charge in [0.05, 0.1) is 17.1 Å². The molecule has 0 radical (unpaired) electrons. The van der Waals surface area contributed by atoms with Gasteiger partial charge in [0.2, 0.25) is 0 Å². The predicted octanol–water partition coefficient (Wildman–Crippen LogP) is 3.15. The van der Waals surface area contributed by atoms with E-state index in [0.717, 1.165) is 4.88 Å². The van der Waals surface area contributed by atoms with Gasteiger partial charge in [0, 0.05) is 25.8 Å². The molecule has 21 heavy (non-hydrogen) atoms. The molecule has 0 aliphatic heterocycles. The lowest BCUT2D eigenvalue weighted by atomic mass is 10.3. The molecule has 1 N–H and O–H groups in total. The van der Waals surface area contributed by atoms with E-state index >= 15 is 0 Å². The summed E-state index contributed by atoms with van der Waals surface area (Å²) in [6.45, 7) is -0.993. The van der Waals surface area contributed by atoms with Crippen LogP contribution < -0.4 is 0 Å². The van der Waals surface area contributed by atoms with Crippen molar-refractivity contribution in [3.63, 3.8) is 0 Å². The minimum absolute atomic E-state index is 0.0361. The van der Waals surface area contributed by atoms with Crippen LogP contribution in [0.3, 0.4) is 0 Å². The summed E-state index contributed by atoms with van der Waals surface area (Å²) < 4.78 is 42.7. The summed E-state index contributed by atoms with van der Waals surface area (Å²) in [5.74, 6) is 0.550. The van der Waals surface area contributed by atoms with Gasteiger partial charge in [-0.15, -0.1) is 11.3 Å². The highest BCUT2D eigenvalue weighted by Gasteiger charge is 2.30. The number of rotatable bonds is 7. The minimum atomic E-state index is -4.28. The molecule has 0 aromatic carbocycles. The van der Waals surface area contributed by atoms with Crippen molar-refractivity contribution < 1.29 is 22.8 Å². The fourth-order valence-corrected chi connectivity index (χ4v) is 2.59. The van der Waals surface area contributed by atoms with E-state index in [2.05, 4.69) is 5.16 Å². The topological polar surface area (TPSA) is 49.5 Å². The van der Waals surface area contributed by atoms with Gasteiger partial charge in [-0.3, -0.25) is 4.90 Å². The van der Waals surface area contributed by atoms with Gasteiger partial charge in [0.1, 0.15) is 0 Å². The van der Waals surface area contributed by atoms with Crippen molar-refractivity contribution in [3.8, 4) is 10.6 Å². The van der Waals surface area contributed by atoms with E-state index in [1.165, 1.54) is 16.2 Å². The first kappa shape index (κ1) is 16.0. The summed E-state index contributed by atoms with van der Waals surface area (Å²) in [5.41, 5.74) is 0.445. The quantitative estimate of drug-likeness (QED) is 0.851. The first-order valence-electron chi connectivity index (χ1n) is 6.37. The van der Waals surface area contributed by atoms with Crippen LogP contribution in [0.2, 0.25) is 0 Å². The normalized spacial score (nSPS) is 12.2. The Bertz CT molecular complexity index is 540. The second-order valence-corrected chi connectivity index (χ2v) is 5.51. The maximum absolute atomic E-state index is 12.5. The number of alkyl halides is 3. The Labute approximate surface area is 123 Å². The molecule has 0 bridgehead atoms. The Morgan fingerprint density at radius 1 is 1.38 bits per heavy atom. The lowest BCUT2D eigenvalue weighted by molar-refractivity contribution is -0.147. The molecule has 0 unspecified atom stereocenters. The van der Waals surface area contributed by atoms with E-state index < -0.39 is 12.7 Å². The standard InChI is InChI=1S/C13H15F3N2O2S/c14-13(15,16)9-18(4-2-5-19)8-10-7-11(20-17-10)12-3-1-6-21-12/h1,3,6-7,19H,2,4-5,8-9H2. The molecular formula is C13H15F3N2O2S. The van der Waals surface area contributed by atoms with Gasteiger partial charge in [-0.25, -0.2) is 0 Å². The van der Waals surface area contributed by atoms with E-state index in [-0.39, 0.29) is 26.1 Å². The van der Waals surface area contributed by atoms with E-state index in [0.29, 0.717) is 11.5 Å². The maximum atomic E-state index is 12.5. The second-order valence-electron chi connectivity index (χ2n) is 4.56. The Morgan fingerprint density at radius 2 is 2.19 bits per heavy atom. The Kier molecular flexibility index (Phi) is 5.38. The van der Waals surface area contributed by atoms with Gasteiger partial charge in [-0.05, 0) is 17.9 Å². The van der Waals surface area contributed by atoms with Crippen LogP contribution >= 0.6 is 11.3 Å². The van der Waals surface area contributed by atoms with Gasteiger partial charge < -0.3 is 9.63 Å². The molecule has 2 rings (SSSR count). The van der Waals surface area contributed by atoms with Crippen LogP contribution in [0, 0.1) is 0 Å². The van der Waals surface area contributed by atoms with Crippen LogP contribution in [-0.2, 0) is 6.54 Å². The lowest BCUT2D eigenvalue weighted by Crippen LogP contribution is -2.35. The van der Waals surface area contributed by atoms with Gasteiger partial charge in [-0.1, -0.05) is 11.2 Å². The van der Waals surface area contributed by atoms with E-state index in [1.54, 1.807) is 6.07 Å².